The van der Waals surface area contributed by atoms with Crippen LogP contribution in [-0.4, -0.2) is 44.6 Å². The second-order valence-corrected chi connectivity index (χ2v) is 27.0. The Bertz CT molecular complexity index is 871. The Morgan fingerprint density at radius 1 is 0.369 bits per heavy atom. The van der Waals surface area contributed by atoms with E-state index in [2.05, 4.69) is 94.5 Å². The van der Waals surface area contributed by atoms with Crippen molar-refractivity contribution in [3.05, 3.63) is 0 Å². The van der Waals surface area contributed by atoms with Crippen molar-refractivity contribution in [1.29, 1.82) is 0 Å². The number of carbonyl (C=O) groups is 2. The van der Waals surface area contributed by atoms with Crippen LogP contribution < -0.4 is 10.2 Å². The van der Waals surface area contributed by atoms with E-state index >= 15 is 0 Å². The van der Waals surface area contributed by atoms with Gasteiger partial charge in [-0.3, -0.25) is 0 Å². The molecule has 388 valence electrons. The van der Waals surface area contributed by atoms with Crippen LogP contribution in [0.15, 0.2) is 0 Å². The first-order valence-electron chi connectivity index (χ1n) is 28.4. The second-order valence-electron chi connectivity index (χ2n) is 22.1. The summed E-state index contributed by atoms with van der Waals surface area (Å²) in [6, 6.07) is 0. The van der Waals surface area contributed by atoms with Crippen molar-refractivity contribution < 1.29 is 19.8 Å². The fourth-order valence-corrected chi connectivity index (χ4v) is 13.2. The molecule has 0 N–H and O–H groups in total. The first-order valence-corrected chi connectivity index (χ1v) is 33.7. The molecule has 0 bridgehead atoms. The normalized spacial score (nSPS) is 11.8. The topological polar surface area (TPSA) is 80.3 Å². The summed E-state index contributed by atoms with van der Waals surface area (Å²) in [6.07, 6.45) is 44.2. The molecular formula is C58H116O4S2Sn. The molecule has 0 atom stereocenters. The summed E-state index contributed by atoms with van der Waals surface area (Å²) in [5.74, 6) is 2.10. The Morgan fingerprint density at radius 3 is 0.800 bits per heavy atom. The van der Waals surface area contributed by atoms with E-state index in [0.29, 0.717) is 11.5 Å². The van der Waals surface area contributed by atoms with Gasteiger partial charge in [0.25, 0.3) is 0 Å². The molecule has 0 aliphatic heterocycles. The van der Waals surface area contributed by atoms with Gasteiger partial charge in [-0.2, -0.15) is 25.3 Å². The fraction of sp³-hybridized carbons (Fsp3) is 0.966. The molecule has 0 amide bonds. The van der Waals surface area contributed by atoms with Crippen molar-refractivity contribution in [2.75, 3.05) is 11.5 Å². The molecule has 0 aliphatic rings. The Labute approximate surface area is 430 Å². The third-order valence-corrected chi connectivity index (χ3v) is 18.9. The van der Waals surface area contributed by atoms with Gasteiger partial charge >= 0.3 is 121 Å². The minimum atomic E-state index is -0.887. The molecule has 0 saturated carbocycles. The standard InChI is InChI=1S/2C21H42O2S.2C8H17.Sn/c2*1-18(2)13-9-5-7-11-15-21(17-24,20(22)23)16-12-8-6-10-14-19(3)4;2*1-3-5-7-8-6-4-2;/h2*18-19,24H,5-17H2,1-4H3,(H,22,23);2*1,3-8H2,2H3;/q;;;;+2/p-2. The zero-order valence-corrected chi connectivity index (χ0v) is 50.3. The molecule has 0 saturated heterocycles. The van der Waals surface area contributed by atoms with Gasteiger partial charge in [-0.05, 0) is 49.4 Å². The monoisotopic (exact) mass is 1060 g/mol. The summed E-state index contributed by atoms with van der Waals surface area (Å²) in [5.41, 5.74) is -1.42. The quantitative estimate of drug-likeness (QED) is 0.0362. The van der Waals surface area contributed by atoms with Gasteiger partial charge in [0, 0.05) is 34.3 Å². The zero-order chi connectivity index (χ0) is 49.5. The van der Waals surface area contributed by atoms with E-state index in [-0.39, 0.29) is 21.1 Å². The Morgan fingerprint density at radius 2 is 0.585 bits per heavy atom. The molecule has 0 aliphatic carbocycles. The summed E-state index contributed by atoms with van der Waals surface area (Å²) in [4.78, 5) is 23.4. The van der Waals surface area contributed by atoms with Gasteiger partial charge in [-0.15, -0.1) is 0 Å². The Hall–Kier alpha value is 0.439. The summed E-state index contributed by atoms with van der Waals surface area (Å²) >= 11 is 8.79. The molecule has 4 nitrogen and oxygen atoms in total. The molecule has 0 spiro atoms. The number of hydrogen-bond donors (Lipinski definition) is 2. The molecule has 7 heteroatoms. The molecule has 0 radical (unpaired) electrons. The van der Waals surface area contributed by atoms with Gasteiger partial charge in [-0.1, -0.05) is 184 Å². The van der Waals surface area contributed by atoms with Gasteiger partial charge in [-0.25, -0.2) is 0 Å². The number of carboxylic acids is 2. The summed E-state index contributed by atoms with van der Waals surface area (Å²) in [7, 11) is 0. The van der Waals surface area contributed by atoms with Crippen LogP contribution in [0.1, 0.15) is 300 Å². The van der Waals surface area contributed by atoms with Crippen LogP contribution in [0.3, 0.4) is 0 Å². The first-order chi connectivity index (χ1) is 31.1. The number of rotatable bonds is 46. The van der Waals surface area contributed by atoms with Gasteiger partial charge in [0.15, 0.2) is 0 Å². The van der Waals surface area contributed by atoms with Gasteiger partial charge in [0.2, 0.25) is 0 Å². The number of carbonyl (C=O) groups excluding carboxylic acids is 2. The molecular weight excluding hydrogens is 943 g/mol. The predicted molar refractivity (Wildman–Crippen MR) is 295 cm³/mol. The van der Waals surface area contributed by atoms with E-state index in [4.69, 9.17) is 0 Å². The average Bonchev–Trinajstić information content (AvgIpc) is 3.25. The van der Waals surface area contributed by atoms with Crippen molar-refractivity contribution in [1.82, 2.24) is 0 Å². The number of hydrogen-bond acceptors (Lipinski definition) is 6. The van der Waals surface area contributed by atoms with Crippen molar-refractivity contribution in [2.24, 2.45) is 34.5 Å². The molecule has 0 fully saturated rings. The average molecular weight is 1060 g/mol. The van der Waals surface area contributed by atoms with Crippen LogP contribution >= 0.6 is 25.3 Å². The fourth-order valence-electron chi connectivity index (χ4n) is 8.77. The molecule has 0 unspecified atom stereocenters. The van der Waals surface area contributed by atoms with Crippen LogP contribution in [0, 0.1) is 34.5 Å². The van der Waals surface area contributed by atoms with Gasteiger partial charge < -0.3 is 19.8 Å². The molecule has 0 rings (SSSR count). The maximum absolute atomic E-state index is 11.7. The third kappa shape index (κ3) is 47.9. The molecule has 0 aromatic heterocycles. The van der Waals surface area contributed by atoms with E-state index in [1.54, 1.807) is 21.7 Å². The van der Waals surface area contributed by atoms with Crippen molar-refractivity contribution in [2.45, 2.75) is 309 Å². The molecule has 65 heavy (non-hydrogen) atoms. The molecule has 0 aromatic carbocycles. The number of thiol groups is 2. The van der Waals surface area contributed by atoms with Crippen LogP contribution in [0.25, 0.3) is 0 Å². The van der Waals surface area contributed by atoms with Crippen molar-refractivity contribution in [3.63, 3.8) is 0 Å². The van der Waals surface area contributed by atoms with E-state index in [9.17, 15) is 19.8 Å². The van der Waals surface area contributed by atoms with Crippen molar-refractivity contribution in [3.8, 4) is 0 Å². The summed E-state index contributed by atoms with van der Waals surface area (Å²) < 4.78 is 3.31. The van der Waals surface area contributed by atoms with Gasteiger partial charge in [0.05, 0.1) is 0 Å². The third-order valence-electron chi connectivity index (χ3n) is 13.6. The molecule has 0 aromatic rings. The van der Waals surface area contributed by atoms with E-state index in [1.807, 2.05) is 0 Å². The van der Waals surface area contributed by atoms with Crippen LogP contribution in [0.5, 0.6) is 0 Å². The first kappa shape index (κ1) is 69.7. The predicted octanol–water partition coefficient (Wildman–Crippen LogP) is 17.5. The van der Waals surface area contributed by atoms with E-state index in [1.165, 1.54) is 141 Å². The van der Waals surface area contributed by atoms with Crippen LogP contribution in [0.4, 0.5) is 0 Å². The van der Waals surface area contributed by atoms with Crippen molar-refractivity contribution >= 4 is 58.3 Å². The van der Waals surface area contributed by atoms with E-state index < -0.39 is 22.8 Å². The second kappa shape index (κ2) is 50.8. The maximum atomic E-state index is 11.7. The molecule has 0 heterocycles. The summed E-state index contributed by atoms with van der Waals surface area (Å²) in [5, 5.41) is 23.4. The Kier molecular flexibility index (Phi) is 54.5. The van der Waals surface area contributed by atoms with E-state index in [0.717, 1.165) is 101 Å². The van der Waals surface area contributed by atoms with Crippen LogP contribution in [-0.2, 0) is 9.59 Å². The zero-order valence-electron chi connectivity index (χ0n) is 45.6. The number of aliphatic carboxylic acids is 2. The number of carboxylic acid groups (broad SMARTS) is 2. The SMILES string of the molecule is CC(C)CCCCCCC(CS)(CCCCCCC(C)C)C(=O)[O-].CC(C)CCCCCCC(CS)(CCCCCCC(C)C)C(=O)[O-].CCCCCCC[CH2][Sn+2][CH2]CCCCCCC. The van der Waals surface area contributed by atoms with Gasteiger partial charge in [0.1, 0.15) is 0 Å². The van der Waals surface area contributed by atoms with Crippen LogP contribution in [0.2, 0.25) is 8.87 Å². The number of unbranched alkanes of at least 4 members (excludes halogenated alkanes) is 22. The summed E-state index contributed by atoms with van der Waals surface area (Å²) in [6.45, 7) is 22.6. The Balaban J connectivity index is -0.000000902. The minimum absolute atomic E-state index is 0.0736.